The summed E-state index contributed by atoms with van der Waals surface area (Å²) in [6.45, 7) is 2.12. The van der Waals surface area contributed by atoms with Gasteiger partial charge in [0.05, 0.1) is 19.1 Å². The fraction of sp³-hybridized carbons (Fsp3) is 0.789. The van der Waals surface area contributed by atoms with Crippen LogP contribution in [-0.2, 0) is 14.3 Å². The molecule has 1 aliphatic rings. The lowest BCUT2D eigenvalue weighted by Gasteiger charge is -2.15. The lowest BCUT2D eigenvalue weighted by molar-refractivity contribution is -0.140. The number of unbranched alkanes of at least 4 members (excludes halogenated alkanes) is 5. The van der Waals surface area contributed by atoms with Crippen LogP contribution < -0.4 is 0 Å². The maximum atomic E-state index is 12.0. The first-order valence-electron chi connectivity index (χ1n) is 8.86. The number of hydrogen-bond acceptors (Lipinski definition) is 4. The fourth-order valence-electron chi connectivity index (χ4n) is 3.03. The highest BCUT2D eigenvalue weighted by atomic mass is 16.5. The average Bonchev–Trinajstić information content (AvgIpc) is 2.80. The van der Waals surface area contributed by atoms with Crippen LogP contribution in [-0.4, -0.2) is 30.1 Å². The molecular formula is C19H30O4. The van der Waals surface area contributed by atoms with Crippen molar-refractivity contribution in [2.24, 2.45) is 11.8 Å². The molecular weight excluding hydrogens is 292 g/mol. The van der Waals surface area contributed by atoms with E-state index in [1.807, 2.05) is 0 Å². The molecule has 4 nitrogen and oxygen atoms in total. The zero-order valence-corrected chi connectivity index (χ0v) is 14.5. The van der Waals surface area contributed by atoms with Gasteiger partial charge in [0.15, 0.2) is 0 Å². The Hall–Kier alpha value is -1.34. The van der Waals surface area contributed by atoms with Gasteiger partial charge >= 0.3 is 5.97 Å². The van der Waals surface area contributed by atoms with Crippen LogP contribution in [0.1, 0.15) is 71.1 Å². The second-order valence-corrected chi connectivity index (χ2v) is 6.32. The summed E-state index contributed by atoms with van der Waals surface area (Å²) in [5, 5.41) is 10.0. The standard InChI is InChI=1S/C19H30O4/c1-3-4-5-8-11-15-16(18(21)14-17(15)20)12-9-6-7-10-13-19(22)23-2/h15-17,20H,3-7,9-10,12-14H2,1-2H3/t15-,16-,17+/m0/s1. The minimum Gasteiger partial charge on any atom is -0.469 e. The van der Waals surface area contributed by atoms with Gasteiger partial charge in [0.25, 0.3) is 0 Å². The van der Waals surface area contributed by atoms with Gasteiger partial charge in [-0.1, -0.05) is 38.5 Å². The molecule has 0 bridgehead atoms. The zero-order valence-electron chi connectivity index (χ0n) is 14.5. The van der Waals surface area contributed by atoms with E-state index in [2.05, 4.69) is 23.5 Å². The monoisotopic (exact) mass is 322 g/mol. The van der Waals surface area contributed by atoms with Crippen molar-refractivity contribution in [1.29, 1.82) is 0 Å². The van der Waals surface area contributed by atoms with Crippen LogP contribution in [0.4, 0.5) is 0 Å². The van der Waals surface area contributed by atoms with Gasteiger partial charge in [-0.2, -0.15) is 0 Å². The van der Waals surface area contributed by atoms with E-state index in [1.165, 1.54) is 7.11 Å². The first kappa shape index (κ1) is 19.7. The van der Waals surface area contributed by atoms with Crippen molar-refractivity contribution >= 4 is 11.8 Å². The summed E-state index contributed by atoms with van der Waals surface area (Å²) in [6, 6.07) is 0. The van der Waals surface area contributed by atoms with Gasteiger partial charge in [0.2, 0.25) is 0 Å². The molecule has 0 aromatic carbocycles. The van der Waals surface area contributed by atoms with E-state index in [4.69, 9.17) is 0 Å². The maximum absolute atomic E-state index is 12.0. The predicted molar refractivity (Wildman–Crippen MR) is 89.6 cm³/mol. The summed E-state index contributed by atoms with van der Waals surface area (Å²) in [7, 11) is 1.40. The molecule has 1 N–H and O–H groups in total. The molecule has 0 heterocycles. The van der Waals surface area contributed by atoms with Gasteiger partial charge in [-0.15, -0.1) is 5.92 Å². The Morgan fingerprint density at radius 1 is 1.26 bits per heavy atom. The summed E-state index contributed by atoms with van der Waals surface area (Å²) < 4.78 is 4.61. The van der Waals surface area contributed by atoms with Gasteiger partial charge in [0.1, 0.15) is 5.78 Å². The van der Waals surface area contributed by atoms with Gasteiger partial charge < -0.3 is 9.84 Å². The Balaban J connectivity index is 2.32. The molecule has 1 rings (SSSR count). The molecule has 0 saturated heterocycles. The molecule has 1 fully saturated rings. The van der Waals surface area contributed by atoms with E-state index in [0.717, 1.165) is 51.4 Å². The SMILES string of the molecule is CCCCC#C[C@@H]1[C@H](O)CC(=O)[C@H]1CCCCCCC(=O)OC. The Labute approximate surface area is 140 Å². The molecule has 0 aliphatic heterocycles. The van der Waals surface area contributed by atoms with Crippen LogP contribution in [0, 0.1) is 23.7 Å². The average molecular weight is 322 g/mol. The first-order valence-corrected chi connectivity index (χ1v) is 8.86. The number of ketones is 1. The number of carbonyl (C=O) groups is 2. The van der Waals surface area contributed by atoms with Crippen molar-refractivity contribution in [2.75, 3.05) is 7.11 Å². The van der Waals surface area contributed by atoms with E-state index in [9.17, 15) is 14.7 Å². The molecule has 0 spiro atoms. The van der Waals surface area contributed by atoms with Crippen LogP contribution in [0.25, 0.3) is 0 Å². The molecule has 1 saturated carbocycles. The highest BCUT2D eigenvalue weighted by Crippen LogP contribution is 2.32. The molecule has 4 heteroatoms. The molecule has 0 aromatic rings. The molecule has 0 radical (unpaired) electrons. The Morgan fingerprint density at radius 2 is 2.00 bits per heavy atom. The van der Waals surface area contributed by atoms with Crippen LogP contribution in [0.3, 0.4) is 0 Å². The van der Waals surface area contributed by atoms with Crippen LogP contribution in [0.5, 0.6) is 0 Å². The third kappa shape index (κ3) is 7.18. The van der Waals surface area contributed by atoms with Gasteiger partial charge in [-0.3, -0.25) is 9.59 Å². The van der Waals surface area contributed by atoms with E-state index in [0.29, 0.717) is 6.42 Å². The number of rotatable bonds is 9. The van der Waals surface area contributed by atoms with Crippen molar-refractivity contribution in [3.05, 3.63) is 0 Å². The number of ether oxygens (including phenoxy) is 1. The lowest BCUT2D eigenvalue weighted by atomic mass is 9.89. The lowest BCUT2D eigenvalue weighted by Crippen LogP contribution is -2.19. The largest absolute Gasteiger partial charge is 0.469 e. The number of hydrogen-bond donors (Lipinski definition) is 1. The van der Waals surface area contributed by atoms with Gasteiger partial charge in [0, 0.05) is 25.2 Å². The molecule has 0 amide bonds. The topological polar surface area (TPSA) is 63.6 Å². The number of esters is 1. The number of carbonyl (C=O) groups excluding carboxylic acids is 2. The van der Waals surface area contributed by atoms with E-state index in [1.54, 1.807) is 0 Å². The summed E-state index contributed by atoms with van der Waals surface area (Å²) in [6.07, 6.45) is 7.65. The van der Waals surface area contributed by atoms with E-state index >= 15 is 0 Å². The van der Waals surface area contributed by atoms with Crippen molar-refractivity contribution in [3.63, 3.8) is 0 Å². The van der Waals surface area contributed by atoms with Crippen LogP contribution >= 0.6 is 0 Å². The quantitative estimate of drug-likeness (QED) is 0.402. The zero-order chi connectivity index (χ0) is 17.1. The molecule has 1 aliphatic carbocycles. The molecule has 0 unspecified atom stereocenters. The Morgan fingerprint density at radius 3 is 2.70 bits per heavy atom. The van der Waals surface area contributed by atoms with Gasteiger partial charge in [-0.25, -0.2) is 0 Å². The number of methoxy groups -OCH3 is 1. The second-order valence-electron chi connectivity index (χ2n) is 6.32. The first-order chi connectivity index (χ1) is 11.1. The highest BCUT2D eigenvalue weighted by Gasteiger charge is 2.39. The highest BCUT2D eigenvalue weighted by molar-refractivity contribution is 5.84. The second kappa shape index (κ2) is 11.2. The van der Waals surface area contributed by atoms with Crippen molar-refractivity contribution < 1.29 is 19.4 Å². The minimum atomic E-state index is -0.596. The summed E-state index contributed by atoms with van der Waals surface area (Å²) in [5.41, 5.74) is 0. The summed E-state index contributed by atoms with van der Waals surface area (Å²) >= 11 is 0. The van der Waals surface area contributed by atoms with Crippen molar-refractivity contribution in [1.82, 2.24) is 0 Å². The number of Topliss-reactive ketones (excluding diaryl/α,β-unsaturated/α-hetero) is 1. The summed E-state index contributed by atoms with van der Waals surface area (Å²) in [5.74, 6) is 5.96. The van der Waals surface area contributed by atoms with Crippen LogP contribution in [0.2, 0.25) is 0 Å². The Bertz CT molecular complexity index is 432. The molecule has 23 heavy (non-hydrogen) atoms. The van der Waals surface area contributed by atoms with E-state index < -0.39 is 6.10 Å². The number of aliphatic hydroxyl groups is 1. The maximum Gasteiger partial charge on any atom is 0.305 e. The third-order valence-electron chi connectivity index (χ3n) is 4.47. The smallest absolute Gasteiger partial charge is 0.305 e. The predicted octanol–water partition coefficient (Wildman–Crippen LogP) is 3.26. The third-order valence-corrected chi connectivity index (χ3v) is 4.47. The normalized spacial score (nSPS) is 23.4. The number of aliphatic hydroxyl groups excluding tert-OH is 1. The molecule has 0 aromatic heterocycles. The Kier molecular flexibility index (Phi) is 9.63. The van der Waals surface area contributed by atoms with Crippen molar-refractivity contribution in [2.45, 2.75) is 77.2 Å². The fourth-order valence-corrected chi connectivity index (χ4v) is 3.03. The molecule has 3 atom stereocenters. The van der Waals surface area contributed by atoms with Crippen LogP contribution in [0.15, 0.2) is 0 Å². The summed E-state index contributed by atoms with van der Waals surface area (Å²) in [4.78, 5) is 23.1. The van der Waals surface area contributed by atoms with E-state index in [-0.39, 0.29) is 30.0 Å². The molecule has 130 valence electrons. The van der Waals surface area contributed by atoms with Gasteiger partial charge in [-0.05, 0) is 19.3 Å². The van der Waals surface area contributed by atoms with Crippen molar-refractivity contribution in [3.8, 4) is 11.8 Å². The minimum absolute atomic E-state index is 0.111.